The number of amides is 1. The van der Waals surface area contributed by atoms with Gasteiger partial charge in [-0.2, -0.15) is 0 Å². The van der Waals surface area contributed by atoms with Crippen LogP contribution >= 0.6 is 0 Å². The second kappa shape index (κ2) is 7.92. The van der Waals surface area contributed by atoms with Gasteiger partial charge < -0.3 is 14.8 Å². The molecule has 1 amide bonds. The van der Waals surface area contributed by atoms with Gasteiger partial charge in [-0.05, 0) is 19.1 Å². The lowest BCUT2D eigenvalue weighted by atomic mass is 10.2. The maximum absolute atomic E-state index is 12.3. The summed E-state index contributed by atoms with van der Waals surface area (Å²) in [6, 6.07) is 9.17. The van der Waals surface area contributed by atoms with Gasteiger partial charge in [0.15, 0.2) is 6.10 Å². The Hall–Kier alpha value is -3.69. The van der Waals surface area contributed by atoms with E-state index < -0.39 is 21.9 Å². The van der Waals surface area contributed by atoms with Crippen molar-refractivity contribution in [2.45, 2.75) is 13.0 Å². The molecular formula is C16H15N3O7. The summed E-state index contributed by atoms with van der Waals surface area (Å²) in [4.78, 5) is 32.8. The Labute approximate surface area is 147 Å². The molecule has 2 aromatic carbocycles. The van der Waals surface area contributed by atoms with Gasteiger partial charge in [0.25, 0.3) is 17.3 Å². The zero-order valence-electron chi connectivity index (χ0n) is 13.9. The summed E-state index contributed by atoms with van der Waals surface area (Å²) < 4.78 is 10.5. The molecule has 0 saturated heterocycles. The maximum Gasteiger partial charge on any atom is 0.273 e. The van der Waals surface area contributed by atoms with Crippen LogP contribution in [0.3, 0.4) is 0 Å². The molecule has 0 fully saturated rings. The van der Waals surface area contributed by atoms with Crippen molar-refractivity contribution >= 4 is 23.0 Å². The number of hydrogen-bond acceptors (Lipinski definition) is 7. The fraction of sp³-hybridized carbons (Fsp3) is 0.188. The van der Waals surface area contributed by atoms with Crippen LogP contribution in [-0.4, -0.2) is 29.0 Å². The van der Waals surface area contributed by atoms with Crippen molar-refractivity contribution in [2.75, 3.05) is 12.4 Å². The lowest BCUT2D eigenvalue weighted by molar-refractivity contribution is -0.385. The molecule has 2 aromatic rings. The average Bonchev–Trinajstić information content (AvgIpc) is 2.61. The molecule has 0 aromatic heterocycles. The monoisotopic (exact) mass is 361 g/mol. The highest BCUT2D eigenvalue weighted by molar-refractivity contribution is 5.95. The molecule has 0 aliphatic rings. The van der Waals surface area contributed by atoms with E-state index in [0.29, 0.717) is 0 Å². The van der Waals surface area contributed by atoms with Gasteiger partial charge in [0.05, 0.1) is 28.7 Å². The number of anilines is 1. The van der Waals surface area contributed by atoms with Crippen LogP contribution in [0.15, 0.2) is 42.5 Å². The predicted molar refractivity (Wildman–Crippen MR) is 91.5 cm³/mol. The van der Waals surface area contributed by atoms with Crippen LogP contribution in [-0.2, 0) is 4.79 Å². The summed E-state index contributed by atoms with van der Waals surface area (Å²) >= 11 is 0. The topological polar surface area (TPSA) is 134 Å². The Bertz CT molecular complexity index is 853. The lowest BCUT2D eigenvalue weighted by Crippen LogP contribution is -2.30. The van der Waals surface area contributed by atoms with Gasteiger partial charge >= 0.3 is 0 Å². The van der Waals surface area contributed by atoms with Crippen molar-refractivity contribution in [2.24, 2.45) is 0 Å². The van der Waals surface area contributed by atoms with Gasteiger partial charge in [-0.3, -0.25) is 25.0 Å². The first kappa shape index (κ1) is 18.6. The Balaban J connectivity index is 2.14. The van der Waals surface area contributed by atoms with E-state index in [-0.39, 0.29) is 28.6 Å². The third-order valence-electron chi connectivity index (χ3n) is 3.36. The first-order valence-electron chi connectivity index (χ1n) is 7.36. The molecule has 0 bridgehead atoms. The zero-order valence-corrected chi connectivity index (χ0v) is 13.9. The van der Waals surface area contributed by atoms with Gasteiger partial charge in [-0.25, -0.2) is 0 Å². The minimum atomic E-state index is -1.01. The number of carbonyl (C=O) groups is 1. The second-order valence-electron chi connectivity index (χ2n) is 5.15. The first-order valence-corrected chi connectivity index (χ1v) is 7.36. The molecule has 0 aliphatic heterocycles. The molecule has 0 spiro atoms. The largest absolute Gasteiger partial charge is 0.495 e. The molecule has 0 aliphatic carbocycles. The Morgan fingerprint density at radius 1 is 1.08 bits per heavy atom. The molecule has 0 saturated carbocycles. The van der Waals surface area contributed by atoms with Crippen molar-refractivity contribution in [3.8, 4) is 11.5 Å². The van der Waals surface area contributed by atoms with E-state index in [0.717, 1.165) is 6.07 Å². The molecule has 10 heteroatoms. The van der Waals surface area contributed by atoms with Crippen LogP contribution in [0, 0.1) is 20.2 Å². The van der Waals surface area contributed by atoms with Gasteiger partial charge in [0.2, 0.25) is 0 Å². The standard InChI is InChI=1S/C16H15N3O7/c1-10(26-13-5-3-4-11(8-13)18(21)22)16(20)17-14-9-12(19(23)24)6-7-15(14)25-2/h3-10H,1-2H3,(H,17,20)/t10-/m0/s1. The maximum atomic E-state index is 12.3. The third-order valence-corrected chi connectivity index (χ3v) is 3.36. The molecule has 0 heterocycles. The molecule has 26 heavy (non-hydrogen) atoms. The minimum Gasteiger partial charge on any atom is -0.495 e. The summed E-state index contributed by atoms with van der Waals surface area (Å²) in [7, 11) is 1.36. The van der Waals surface area contributed by atoms with Crippen LogP contribution in [0.1, 0.15) is 6.92 Å². The van der Waals surface area contributed by atoms with Crippen molar-refractivity contribution in [3.05, 3.63) is 62.7 Å². The van der Waals surface area contributed by atoms with Gasteiger partial charge in [0.1, 0.15) is 11.5 Å². The Morgan fingerprint density at radius 3 is 2.35 bits per heavy atom. The summed E-state index contributed by atoms with van der Waals surface area (Å²) in [6.45, 7) is 1.44. The number of nitro groups is 2. The number of non-ortho nitro benzene ring substituents is 2. The SMILES string of the molecule is COc1ccc([N+](=O)[O-])cc1NC(=O)[C@H](C)Oc1cccc([N+](=O)[O-])c1. The van der Waals surface area contributed by atoms with Crippen LogP contribution < -0.4 is 14.8 Å². The number of methoxy groups -OCH3 is 1. The smallest absolute Gasteiger partial charge is 0.273 e. The highest BCUT2D eigenvalue weighted by atomic mass is 16.6. The summed E-state index contributed by atoms with van der Waals surface area (Å²) in [5.74, 6) is -0.213. The molecule has 0 unspecified atom stereocenters. The van der Waals surface area contributed by atoms with E-state index in [9.17, 15) is 25.0 Å². The number of ether oxygens (including phenoxy) is 2. The second-order valence-corrected chi connectivity index (χ2v) is 5.15. The average molecular weight is 361 g/mol. The molecular weight excluding hydrogens is 346 g/mol. The highest BCUT2D eigenvalue weighted by Crippen LogP contribution is 2.29. The minimum absolute atomic E-state index is 0.112. The molecule has 2 rings (SSSR count). The summed E-state index contributed by atoms with van der Waals surface area (Å²) in [6.07, 6.45) is -1.01. The number of rotatable bonds is 7. The summed E-state index contributed by atoms with van der Waals surface area (Å²) in [5, 5.41) is 24.1. The zero-order chi connectivity index (χ0) is 19.3. The van der Waals surface area contributed by atoms with Crippen molar-refractivity contribution in [1.29, 1.82) is 0 Å². The van der Waals surface area contributed by atoms with Gasteiger partial charge in [-0.1, -0.05) is 6.07 Å². The van der Waals surface area contributed by atoms with Crippen LogP contribution in [0.4, 0.5) is 17.1 Å². The molecule has 1 N–H and O–H groups in total. The quantitative estimate of drug-likeness (QED) is 0.592. The number of nitrogens with one attached hydrogen (secondary N) is 1. The van der Waals surface area contributed by atoms with E-state index in [1.165, 1.54) is 50.4 Å². The van der Waals surface area contributed by atoms with E-state index >= 15 is 0 Å². The van der Waals surface area contributed by atoms with Gasteiger partial charge in [-0.15, -0.1) is 0 Å². The van der Waals surface area contributed by atoms with E-state index in [1.807, 2.05) is 0 Å². The van der Waals surface area contributed by atoms with E-state index in [1.54, 1.807) is 0 Å². The molecule has 0 radical (unpaired) electrons. The van der Waals surface area contributed by atoms with Crippen LogP contribution in [0.25, 0.3) is 0 Å². The summed E-state index contributed by atoms with van der Waals surface area (Å²) in [5.41, 5.74) is -0.273. The van der Waals surface area contributed by atoms with Crippen LogP contribution in [0.5, 0.6) is 11.5 Å². The fourth-order valence-corrected chi connectivity index (χ4v) is 2.07. The number of hydrogen-bond donors (Lipinski definition) is 1. The molecule has 136 valence electrons. The number of nitro benzene ring substituents is 2. The van der Waals surface area contributed by atoms with E-state index in [4.69, 9.17) is 9.47 Å². The highest BCUT2D eigenvalue weighted by Gasteiger charge is 2.19. The Morgan fingerprint density at radius 2 is 1.73 bits per heavy atom. The number of carbonyl (C=O) groups excluding carboxylic acids is 1. The molecule has 1 atom stereocenters. The van der Waals surface area contributed by atoms with Gasteiger partial charge in [0, 0.05) is 18.2 Å². The van der Waals surface area contributed by atoms with Crippen molar-refractivity contribution < 1.29 is 24.1 Å². The predicted octanol–water partition coefficient (Wildman–Crippen LogP) is 2.92. The lowest BCUT2D eigenvalue weighted by Gasteiger charge is -2.16. The van der Waals surface area contributed by atoms with Crippen LogP contribution in [0.2, 0.25) is 0 Å². The van der Waals surface area contributed by atoms with Crippen molar-refractivity contribution in [3.63, 3.8) is 0 Å². The number of benzene rings is 2. The molecule has 10 nitrogen and oxygen atoms in total. The van der Waals surface area contributed by atoms with Crippen molar-refractivity contribution in [1.82, 2.24) is 0 Å². The fourth-order valence-electron chi connectivity index (χ4n) is 2.07. The Kier molecular flexibility index (Phi) is 5.68. The number of nitrogens with zero attached hydrogens (tertiary/aromatic N) is 2. The normalized spacial score (nSPS) is 11.3. The first-order chi connectivity index (χ1) is 12.3. The van der Waals surface area contributed by atoms with E-state index in [2.05, 4.69) is 5.32 Å². The third kappa shape index (κ3) is 4.44.